The third kappa shape index (κ3) is 3.46. The lowest BCUT2D eigenvalue weighted by atomic mass is 9.96. The first-order valence-corrected chi connectivity index (χ1v) is 7.31. The van der Waals surface area contributed by atoms with Gasteiger partial charge in [0.25, 0.3) is 0 Å². The van der Waals surface area contributed by atoms with Gasteiger partial charge in [0.15, 0.2) is 0 Å². The van der Waals surface area contributed by atoms with Crippen molar-refractivity contribution in [2.75, 3.05) is 0 Å². The van der Waals surface area contributed by atoms with Crippen LogP contribution in [0.5, 0.6) is 0 Å². The Bertz CT molecular complexity index is 614. The molecule has 0 saturated carbocycles. The van der Waals surface area contributed by atoms with Crippen molar-refractivity contribution >= 4 is 34.8 Å². The highest BCUT2D eigenvalue weighted by atomic mass is 35.5. The van der Waals surface area contributed by atoms with Gasteiger partial charge in [0.1, 0.15) is 0 Å². The van der Waals surface area contributed by atoms with Crippen LogP contribution >= 0.6 is 34.8 Å². The molecule has 1 unspecified atom stereocenters. The van der Waals surface area contributed by atoms with Crippen molar-refractivity contribution in [2.24, 2.45) is 5.84 Å². The van der Waals surface area contributed by atoms with Gasteiger partial charge in [0, 0.05) is 5.02 Å². The van der Waals surface area contributed by atoms with Gasteiger partial charge in [-0.25, -0.2) is 0 Å². The lowest BCUT2D eigenvalue weighted by molar-refractivity contribution is 0.549. The quantitative estimate of drug-likeness (QED) is 0.630. The Hall–Kier alpha value is -0.770. The largest absolute Gasteiger partial charge is 0.271 e. The van der Waals surface area contributed by atoms with Gasteiger partial charge in [-0.3, -0.25) is 11.3 Å². The third-order valence-electron chi connectivity index (χ3n) is 3.26. The van der Waals surface area contributed by atoms with E-state index in [9.17, 15) is 0 Å². The Morgan fingerprint density at radius 3 is 2.55 bits per heavy atom. The number of benzene rings is 2. The topological polar surface area (TPSA) is 38.0 Å². The fourth-order valence-electron chi connectivity index (χ4n) is 2.21. The van der Waals surface area contributed by atoms with Crippen molar-refractivity contribution in [3.05, 3.63) is 68.2 Å². The lowest BCUT2D eigenvalue weighted by Gasteiger charge is -2.19. The number of halogens is 3. The standard InChI is InChI=1S/C15H15Cl3N2/c1-9-7-11(16)5-6-12(9)14(20-19)8-10-3-2-4-13(17)15(10)18/h2-7,14,20H,8,19H2,1H3. The normalized spacial score (nSPS) is 12.4. The predicted molar refractivity (Wildman–Crippen MR) is 86.4 cm³/mol. The Morgan fingerprint density at radius 2 is 1.90 bits per heavy atom. The molecule has 0 heterocycles. The van der Waals surface area contributed by atoms with Gasteiger partial charge in [0.2, 0.25) is 0 Å². The van der Waals surface area contributed by atoms with Gasteiger partial charge >= 0.3 is 0 Å². The molecule has 0 aliphatic heterocycles. The van der Waals surface area contributed by atoms with Gasteiger partial charge in [-0.2, -0.15) is 0 Å². The summed E-state index contributed by atoms with van der Waals surface area (Å²) in [6.45, 7) is 2.01. The van der Waals surface area contributed by atoms with Crippen LogP contribution in [-0.2, 0) is 6.42 Å². The Kier molecular flexibility index (Phi) is 5.30. The highest BCUT2D eigenvalue weighted by molar-refractivity contribution is 6.42. The van der Waals surface area contributed by atoms with Crippen LogP contribution in [0.1, 0.15) is 22.7 Å². The van der Waals surface area contributed by atoms with Crippen LogP contribution in [0.4, 0.5) is 0 Å². The molecule has 0 spiro atoms. The Balaban J connectivity index is 2.31. The molecule has 0 radical (unpaired) electrons. The number of hydrogen-bond acceptors (Lipinski definition) is 2. The fourth-order valence-corrected chi connectivity index (χ4v) is 2.84. The molecular formula is C15H15Cl3N2. The van der Waals surface area contributed by atoms with Crippen LogP contribution in [0.15, 0.2) is 36.4 Å². The van der Waals surface area contributed by atoms with E-state index in [1.54, 1.807) is 6.07 Å². The summed E-state index contributed by atoms with van der Waals surface area (Å²) in [6, 6.07) is 11.3. The van der Waals surface area contributed by atoms with Crippen molar-refractivity contribution in [1.82, 2.24) is 5.43 Å². The van der Waals surface area contributed by atoms with Crippen LogP contribution < -0.4 is 11.3 Å². The molecule has 20 heavy (non-hydrogen) atoms. The molecule has 1 atom stereocenters. The molecule has 3 N–H and O–H groups in total. The molecule has 0 aromatic heterocycles. The zero-order valence-corrected chi connectivity index (χ0v) is 13.2. The highest BCUT2D eigenvalue weighted by Crippen LogP contribution is 2.30. The summed E-state index contributed by atoms with van der Waals surface area (Å²) in [5.41, 5.74) is 5.96. The van der Waals surface area contributed by atoms with Gasteiger partial charge < -0.3 is 0 Å². The van der Waals surface area contributed by atoms with E-state index in [-0.39, 0.29) is 6.04 Å². The Labute approximate surface area is 133 Å². The molecule has 5 heteroatoms. The first-order chi connectivity index (χ1) is 9.52. The van der Waals surface area contributed by atoms with Crippen LogP contribution in [0, 0.1) is 6.92 Å². The number of nitrogens with two attached hydrogens (primary N) is 1. The summed E-state index contributed by atoms with van der Waals surface area (Å²) in [7, 11) is 0. The minimum Gasteiger partial charge on any atom is -0.271 e. The second-order valence-corrected chi connectivity index (χ2v) is 5.86. The highest BCUT2D eigenvalue weighted by Gasteiger charge is 2.15. The van der Waals surface area contributed by atoms with Gasteiger partial charge in [0.05, 0.1) is 16.1 Å². The number of nitrogens with one attached hydrogen (secondary N) is 1. The van der Waals surface area contributed by atoms with E-state index >= 15 is 0 Å². The number of rotatable bonds is 4. The van der Waals surface area contributed by atoms with Gasteiger partial charge in [-0.05, 0) is 48.2 Å². The Morgan fingerprint density at radius 1 is 1.15 bits per heavy atom. The maximum Gasteiger partial charge on any atom is 0.0624 e. The summed E-state index contributed by atoms with van der Waals surface area (Å²) in [5, 5.41) is 1.83. The molecule has 0 bridgehead atoms. The molecule has 0 fully saturated rings. The summed E-state index contributed by atoms with van der Waals surface area (Å²) < 4.78 is 0. The zero-order valence-electron chi connectivity index (χ0n) is 11.0. The van der Waals surface area contributed by atoms with Crippen molar-refractivity contribution < 1.29 is 0 Å². The number of hydrazine groups is 1. The minimum atomic E-state index is -0.0526. The molecule has 2 aromatic carbocycles. The minimum absolute atomic E-state index is 0.0526. The van der Waals surface area contributed by atoms with E-state index < -0.39 is 0 Å². The van der Waals surface area contributed by atoms with E-state index in [2.05, 4.69) is 5.43 Å². The van der Waals surface area contributed by atoms with Crippen LogP contribution in [0.3, 0.4) is 0 Å². The molecule has 2 aromatic rings. The van der Waals surface area contributed by atoms with Gasteiger partial charge in [-0.1, -0.05) is 53.0 Å². The molecule has 2 rings (SSSR count). The van der Waals surface area contributed by atoms with Crippen molar-refractivity contribution in [1.29, 1.82) is 0 Å². The van der Waals surface area contributed by atoms with Gasteiger partial charge in [-0.15, -0.1) is 0 Å². The smallest absolute Gasteiger partial charge is 0.0624 e. The maximum atomic E-state index is 6.23. The summed E-state index contributed by atoms with van der Waals surface area (Å²) >= 11 is 18.2. The van der Waals surface area contributed by atoms with Crippen molar-refractivity contribution in [2.45, 2.75) is 19.4 Å². The molecule has 0 amide bonds. The molecule has 0 aliphatic rings. The molecule has 106 valence electrons. The van der Waals surface area contributed by atoms with E-state index in [0.717, 1.165) is 16.7 Å². The monoisotopic (exact) mass is 328 g/mol. The molecule has 0 aliphatic carbocycles. The van der Waals surface area contributed by atoms with Crippen molar-refractivity contribution in [3.8, 4) is 0 Å². The fraction of sp³-hybridized carbons (Fsp3) is 0.200. The van der Waals surface area contributed by atoms with E-state index in [0.29, 0.717) is 21.5 Å². The van der Waals surface area contributed by atoms with Crippen molar-refractivity contribution in [3.63, 3.8) is 0 Å². The van der Waals surface area contributed by atoms with Crippen LogP contribution in [0.2, 0.25) is 15.1 Å². The number of hydrogen-bond donors (Lipinski definition) is 2. The predicted octanol–water partition coefficient (Wildman–Crippen LogP) is 4.70. The first-order valence-electron chi connectivity index (χ1n) is 6.18. The SMILES string of the molecule is Cc1cc(Cl)ccc1C(Cc1cccc(Cl)c1Cl)NN. The molecular weight excluding hydrogens is 315 g/mol. The third-order valence-corrected chi connectivity index (χ3v) is 4.36. The average molecular weight is 330 g/mol. The van der Waals surface area contributed by atoms with Crippen LogP contribution in [0.25, 0.3) is 0 Å². The lowest BCUT2D eigenvalue weighted by Crippen LogP contribution is -2.30. The van der Waals surface area contributed by atoms with Crippen LogP contribution in [-0.4, -0.2) is 0 Å². The van der Waals surface area contributed by atoms with E-state index in [4.69, 9.17) is 40.6 Å². The second-order valence-electron chi connectivity index (χ2n) is 4.64. The summed E-state index contributed by atoms with van der Waals surface area (Å²) in [4.78, 5) is 0. The van der Waals surface area contributed by atoms with E-state index in [1.165, 1.54) is 0 Å². The number of aryl methyl sites for hydroxylation is 1. The summed E-state index contributed by atoms with van der Waals surface area (Å²) in [5.74, 6) is 5.69. The molecule has 0 saturated heterocycles. The molecule has 2 nitrogen and oxygen atoms in total. The van der Waals surface area contributed by atoms with E-state index in [1.807, 2.05) is 37.3 Å². The maximum absolute atomic E-state index is 6.23. The zero-order chi connectivity index (χ0) is 14.7. The first kappa shape index (κ1) is 15.6. The second kappa shape index (κ2) is 6.79. The average Bonchev–Trinajstić information content (AvgIpc) is 2.41. The summed E-state index contributed by atoms with van der Waals surface area (Å²) in [6.07, 6.45) is 0.651.